The summed E-state index contributed by atoms with van der Waals surface area (Å²) in [7, 11) is 1.72. The molecule has 4 nitrogen and oxygen atoms in total. The molecule has 3 rings (SSSR count). The first kappa shape index (κ1) is 17.8. The molecule has 1 fully saturated rings. The van der Waals surface area contributed by atoms with Gasteiger partial charge in [-0.3, -0.25) is 4.90 Å². The van der Waals surface area contributed by atoms with Crippen LogP contribution in [0.1, 0.15) is 5.56 Å². The van der Waals surface area contributed by atoms with Crippen molar-refractivity contribution in [1.29, 1.82) is 0 Å². The number of ether oxygens (including phenoxy) is 2. The number of piperazine rings is 1. The fraction of sp³-hybridized carbons (Fsp3) is 0.429. The monoisotopic (exact) mass is 340 g/mol. The van der Waals surface area contributed by atoms with Gasteiger partial charge in [0.2, 0.25) is 0 Å². The van der Waals surface area contributed by atoms with Crippen molar-refractivity contribution < 1.29 is 9.47 Å². The zero-order chi connectivity index (χ0) is 17.3. The van der Waals surface area contributed by atoms with Crippen LogP contribution in [0, 0.1) is 0 Å². The molecule has 0 amide bonds. The molecule has 25 heavy (non-hydrogen) atoms. The third-order valence-electron chi connectivity index (χ3n) is 4.74. The van der Waals surface area contributed by atoms with E-state index in [0.717, 1.165) is 63.8 Å². The minimum Gasteiger partial charge on any atom is -0.497 e. The molecule has 0 aromatic heterocycles. The SMILES string of the molecule is COc1cccc(CCN2CCN(CCOc3ccccc3)CC2)c1. The van der Waals surface area contributed by atoms with E-state index in [1.807, 2.05) is 36.4 Å². The highest BCUT2D eigenvalue weighted by Gasteiger charge is 2.16. The quantitative estimate of drug-likeness (QED) is 0.738. The summed E-state index contributed by atoms with van der Waals surface area (Å²) in [6.45, 7) is 7.38. The van der Waals surface area contributed by atoms with E-state index in [4.69, 9.17) is 9.47 Å². The molecule has 1 aliphatic rings. The Hall–Kier alpha value is -2.04. The van der Waals surface area contributed by atoms with Gasteiger partial charge in [-0.1, -0.05) is 30.3 Å². The van der Waals surface area contributed by atoms with E-state index in [1.165, 1.54) is 5.56 Å². The van der Waals surface area contributed by atoms with Gasteiger partial charge in [0.25, 0.3) is 0 Å². The van der Waals surface area contributed by atoms with Crippen molar-refractivity contribution in [2.24, 2.45) is 0 Å². The van der Waals surface area contributed by atoms with Crippen molar-refractivity contribution in [1.82, 2.24) is 9.80 Å². The summed E-state index contributed by atoms with van der Waals surface area (Å²) >= 11 is 0. The molecule has 1 aliphatic heterocycles. The lowest BCUT2D eigenvalue weighted by Crippen LogP contribution is -2.47. The minimum atomic E-state index is 0.758. The standard InChI is InChI=1S/C21H28N2O2/c1-24-21-9-5-6-19(18-21)10-11-22-12-14-23(15-13-22)16-17-25-20-7-3-2-4-8-20/h2-9,18H,10-17H2,1H3. The molecule has 2 aromatic rings. The van der Waals surface area contributed by atoms with Gasteiger partial charge in [-0.2, -0.15) is 0 Å². The van der Waals surface area contributed by atoms with Crippen molar-refractivity contribution in [2.45, 2.75) is 6.42 Å². The zero-order valence-corrected chi connectivity index (χ0v) is 15.1. The molecule has 1 saturated heterocycles. The fourth-order valence-electron chi connectivity index (χ4n) is 3.16. The van der Waals surface area contributed by atoms with Crippen LogP contribution >= 0.6 is 0 Å². The Labute approximate surface area is 151 Å². The Morgan fingerprint density at radius 1 is 0.800 bits per heavy atom. The van der Waals surface area contributed by atoms with Crippen LogP contribution in [0.25, 0.3) is 0 Å². The molecule has 0 unspecified atom stereocenters. The lowest BCUT2D eigenvalue weighted by Gasteiger charge is -2.34. The Morgan fingerprint density at radius 2 is 1.48 bits per heavy atom. The maximum atomic E-state index is 5.80. The lowest BCUT2D eigenvalue weighted by molar-refractivity contribution is 0.118. The molecule has 4 heteroatoms. The van der Waals surface area contributed by atoms with E-state index in [9.17, 15) is 0 Å². The van der Waals surface area contributed by atoms with Gasteiger partial charge in [0.1, 0.15) is 18.1 Å². The number of hydrogen-bond donors (Lipinski definition) is 0. The van der Waals surface area contributed by atoms with Gasteiger partial charge in [0, 0.05) is 39.3 Å². The van der Waals surface area contributed by atoms with Gasteiger partial charge in [-0.15, -0.1) is 0 Å². The molecule has 2 aromatic carbocycles. The Kier molecular flexibility index (Phi) is 6.71. The topological polar surface area (TPSA) is 24.9 Å². The van der Waals surface area contributed by atoms with Gasteiger partial charge >= 0.3 is 0 Å². The number of hydrogen-bond acceptors (Lipinski definition) is 4. The van der Waals surface area contributed by atoms with E-state index in [1.54, 1.807) is 7.11 Å². The average Bonchev–Trinajstić information content (AvgIpc) is 2.68. The molecule has 0 N–H and O–H groups in total. The van der Waals surface area contributed by atoms with Crippen molar-refractivity contribution >= 4 is 0 Å². The number of benzene rings is 2. The van der Waals surface area contributed by atoms with Crippen molar-refractivity contribution in [2.75, 3.05) is 53.0 Å². The number of methoxy groups -OCH3 is 1. The summed E-state index contributed by atoms with van der Waals surface area (Å²) in [6, 6.07) is 18.4. The molecule has 0 atom stereocenters. The molecular weight excluding hydrogens is 312 g/mol. The molecule has 1 heterocycles. The lowest BCUT2D eigenvalue weighted by atomic mass is 10.1. The summed E-state index contributed by atoms with van der Waals surface area (Å²) in [5, 5.41) is 0. The second-order valence-corrected chi connectivity index (χ2v) is 6.45. The second kappa shape index (κ2) is 9.44. The molecule has 134 valence electrons. The smallest absolute Gasteiger partial charge is 0.119 e. The van der Waals surface area contributed by atoms with Crippen molar-refractivity contribution in [3.63, 3.8) is 0 Å². The van der Waals surface area contributed by atoms with Crippen molar-refractivity contribution in [3.05, 3.63) is 60.2 Å². The third kappa shape index (κ3) is 5.76. The maximum absolute atomic E-state index is 5.80. The van der Waals surface area contributed by atoms with Gasteiger partial charge < -0.3 is 14.4 Å². The highest BCUT2D eigenvalue weighted by Crippen LogP contribution is 2.14. The van der Waals surface area contributed by atoms with Crippen LogP contribution in [0.2, 0.25) is 0 Å². The second-order valence-electron chi connectivity index (χ2n) is 6.45. The summed E-state index contributed by atoms with van der Waals surface area (Å²) in [4.78, 5) is 5.04. The van der Waals surface area contributed by atoms with Crippen LogP contribution in [0.5, 0.6) is 11.5 Å². The van der Waals surface area contributed by atoms with Crippen LogP contribution in [-0.2, 0) is 6.42 Å². The largest absolute Gasteiger partial charge is 0.497 e. The summed E-state index contributed by atoms with van der Waals surface area (Å²) < 4.78 is 11.1. The Morgan fingerprint density at radius 3 is 2.20 bits per heavy atom. The number of rotatable bonds is 8. The third-order valence-corrected chi connectivity index (χ3v) is 4.74. The highest BCUT2D eigenvalue weighted by molar-refractivity contribution is 5.28. The van der Waals surface area contributed by atoms with Gasteiger partial charge in [-0.05, 0) is 36.2 Å². The zero-order valence-electron chi connectivity index (χ0n) is 15.1. The van der Waals surface area contributed by atoms with E-state index >= 15 is 0 Å². The maximum Gasteiger partial charge on any atom is 0.119 e. The number of para-hydroxylation sites is 1. The fourth-order valence-corrected chi connectivity index (χ4v) is 3.16. The van der Waals surface area contributed by atoms with Crippen LogP contribution in [0.3, 0.4) is 0 Å². The molecule has 0 bridgehead atoms. The summed E-state index contributed by atoms with van der Waals surface area (Å²) in [6.07, 6.45) is 1.08. The minimum absolute atomic E-state index is 0.758. The molecule has 0 spiro atoms. The van der Waals surface area contributed by atoms with Crippen molar-refractivity contribution in [3.8, 4) is 11.5 Å². The predicted octanol–water partition coefficient (Wildman–Crippen LogP) is 2.93. The van der Waals surface area contributed by atoms with E-state index in [2.05, 4.69) is 28.0 Å². The first-order valence-electron chi connectivity index (χ1n) is 9.09. The Bertz CT molecular complexity index is 625. The van der Waals surface area contributed by atoms with Crippen LogP contribution < -0.4 is 9.47 Å². The van der Waals surface area contributed by atoms with Crippen LogP contribution in [0.4, 0.5) is 0 Å². The molecule has 0 saturated carbocycles. The van der Waals surface area contributed by atoms with Gasteiger partial charge in [-0.25, -0.2) is 0 Å². The van der Waals surface area contributed by atoms with Gasteiger partial charge in [0.05, 0.1) is 7.11 Å². The average molecular weight is 340 g/mol. The predicted molar refractivity (Wildman–Crippen MR) is 102 cm³/mol. The Balaban J connectivity index is 1.33. The van der Waals surface area contributed by atoms with E-state index in [-0.39, 0.29) is 0 Å². The van der Waals surface area contributed by atoms with E-state index < -0.39 is 0 Å². The molecule has 0 radical (unpaired) electrons. The normalized spacial score (nSPS) is 15.9. The molecular formula is C21H28N2O2. The highest BCUT2D eigenvalue weighted by atomic mass is 16.5. The summed E-state index contributed by atoms with van der Waals surface area (Å²) in [5.74, 6) is 1.90. The molecule has 0 aliphatic carbocycles. The van der Waals surface area contributed by atoms with Crippen LogP contribution in [-0.4, -0.2) is 62.8 Å². The van der Waals surface area contributed by atoms with Crippen LogP contribution in [0.15, 0.2) is 54.6 Å². The first-order chi connectivity index (χ1) is 12.3. The summed E-state index contributed by atoms with van der Waals surface area (Å²) in [5.41, 5.74) is 1.35. The van der Waals surface area contributed by atoms with E-state index in [0.29, 0.717) is 0 Å². The van der Waals surface area contributed by atoms with Gasteiger partial charge in [0.15, 0.2) is 0 Å². The number of nitrogens with zero attached hydrogens (tertiary/aromatic N) is 2. The first-order valence-corrected chi connectivity index (χ1v) is 9.09.